The Kier molecular flexibility index (Phi) is 1.80. The molecule has 17 heavy (non-hydrogen) atoms. The molecule has 5 heteroatoms. The van der Waals surface area contributed by atoms with Crippen LogP contribution in [-0.2, 0) is 0 Å². The molecule has 4 aliphatic carbocycles. The van der Waals surface area contributed by atoms with Gasteiger partial charge in [-0.25, -0.2) is 4.79 Å². The fourth-order valence-electron chi connectivity index (χ4n) is 4.83. The number of H-pyrrole nitrogens is 1. The Morgan fingerprint density at radius 3 is 2.18 bits per heavy atom. The van der Waals surface area contributed by atoms with Gasteiger partial charge in [-0.3, -0.25) is 10.3 Å². The highest BCUT2D eigenvalue weighted by atomic mass is 16.5. The summed E-state index contributed by atoms with van der Waals surface area (Å²) in [7, 11) is 0. The number of nitrogens with one attached hydrogen (secondary N) is 1. The van der Waals surface area contributed by atoms with Crippen LogP contribution in [0.5, 0.6) is 0 Å². The van der Waals surface area contributed by atoms with Crippen LogP contribution in [0.1, 0.15) is 38.1 Å². The van der Waals surface area contributed by atoms with E-state index in [0.717, 1.165) is 11.8 Å². The van der Waals surface area contributed by atoms with E-state index < -0.39 is 5.63 Å². The van der Waals surface area contributed by atoms with Crippen molar-refractivity contribution in [1.29, 1.82) is 0 Å². The van der Waals surface area contributed by atoms with E-state index in [-0.39, 0.29) is 5.82 Å². The molecule has 5 rings (SSSR count). The first-order valence-corrected chi connectivity index (χ1v) is 6.61. The summed E-state index contributed by atoms with van der Waals surface area (Å²) in [5.74, 6) is 3.46. The van der Waals surface area contributed by atoms with Gasteiger partial charge < -0.3 is 0 Å². The molecule has 1 aromatic rings. The Hall–Kier alpha value is -1.26. The molecule has 4 fully saturated rings. The number of nitrogens with two attached hydrogens (primary N) is 1. The molecule has 0 aromatic carbocycles. The summed E-state index contributed by atoms with van der Waals surface area (Å²) in [6.07, 6.45) is 6.64. The van der Waals surface area contributed by atoms with Crippen molar-refractivity contribution in [2.24, 2.45) is 23.7 Å². The van der Waals surface area contributed by atoms with E-state index in [9.17, 15) is 4.79 Å². The third-order valence-electron chi connectivity index (χ3n) is 5.18. The number of nitrogens with zero attached hydrogens (tertiary/aromatic N) is 1. The number of rotatable bonds is 1. The molecular formula is C12H18N3O2+. The van der Waals surface area contributed by atoms with Crippen molar-refractivity contribution in [3.8, 4) is 0 Å². The largest absolute Gasteiger partial charge is 0.449 e. The van der Waals surface area contributed by atoms with Crippen LogP contribution in [0.3, 0.4) is 0 Å². The minimum absolute atomic E-state index is 0.238. The van der Waals surface area contributed by atoms with Crippen LogP contribution in [0.4, 0.5) is 5.82 Å². The Bertz CT molecular complexity index is 476. The van der Waals surface area contributed by atoms with Crippen LogP contribution in [-0.4, -0.2) is 5.27 Å². The third kappa shape index (κ3) is 1.25. The van der Waals surface area contributed by atoms with Crippen molar-refractivity contribution in [3.63, 3.8) is 0 Å². The number of hydrogen-bond donors (Lipinski definition) is 2. The van der Waals surface area contributed by atoms with Gasteiger partial charge in [-0.2, -0.15) is 0 Å². The molecule has 0 amide bonds. The van der Waals surface area contributed by atoms with Gasteiger partial charge in [-0.05, 0) is 43.9 Å². The highest BCUT2D eigenvalue weighted by Crippen LogP contribution is 2.56. The van der Waals surface area contributed by atoms with Crippen LogP contribution in [0.15, 0.2) is 9.32 Å². The number of nitrogen functional groups attached to an aromatic ring is 1. The van der Waals surface area contributed by atoms with E-state index in [1.165, 1.54) is 32.1 Å². The molecule has 0 aliphatic heterocycles. The maximum absolute atomic E-state index is 11.3. The molecule has 0 spiro atoms. The van der Waals surface area contributed by atoms with Crippen LogP contribution in [0.25, 0.3) is 0 Å². The molecule has 0 radical (unpaired) electrons. The highest BCUT2D eigenvalue weighted by molar-refractivity contribution is 5.12. The average molecular weight is 236 g/mol. The maximum atomic E-state index is 11.3. The zero-order valence-electron chi connectivity index (χ0n) is 9.76. The van der Waals surface area contributed by atoms with Crippen LogP contribution < -0.4 is 16.0 Å². The third-order valence-corrected chi connectivity index (χ3v) is 5.18. The lowest BCUT2D eigenvalue weighted by Crippen LogP contribution is -2.58. The predicted molar refractivity (Wildman–Crippen MR) is 60.0 cm³/mol. The zero-order chi connectivity index (χ0) is 11.6. The number of aromatic nitrogens is 2. The molecule has 4 bridgehead atoms. The molecule has 4 aliphatic rings. The Balaban J connectivity index is 1.75. The van der Waals surface area contributed by atoms with Gasteiger partial charge in [0.2, 0.25) is 0 Å². The van der Waals surface area contributed by atoms with Gasteiger partial charge >= 0.3 is 11.4 Å². The minimum Gasteiger partial charge on any atom is -0.298 e. The van der Waals surface area contributed by atoms with E-state index in [1.54, 1.807) is 4.68 Å². The number of anilines is 1. The molecule has 92 valence electrons. The summed E-state index contributed by atoms with van der Waals surface area (Å²) >= 11 is 0. The zero-order valence-corrected chi connectivity index (χ0v) is 9.76. The number of hydrogen-bond acceptors (Lipinski definition) is 3. The SMILES string of the molecule is Nc1c(=O)o[nH][n+]1C1C2CC3CC(C2)CC1C3. The molecule has 0 unspecified atom stereocenters. The molecule has 1 heterocycles. The minimum atomic E-state index is -0.432. The summed E-state index contributed by atoms with van der Waals surface area (Å²) < 4.78 is 6.61. The van der Waals surface area contributed by atoms with E-state index >= 15 is 0 Å². The van der Waals surface area contributed by atoms with Gasteiger partial charge in [0, 0.05) is 11.8 Å². The van der Waals surface area contributed by atoms with Gasteiger partial charge in [0.15, 0.2) is 0 Å². The average Bonchev–Trinajstić information content (AvgIpc) is 2.60. The number of aromatic amines is 1. The Labute approximate surface area is 98.9 Å². The molecule has 3 N–H and O–H groups in total. The summed E-state index contributed by atoms with van der Waals surface area (Å²) in [5, 5.41) is 2.71. The van der Waals surface area contributed by atoms with Crippen LogP contribution in [0, 0.1) is 23.7 Å². The monoisotopic (exact) mass is 236 g/mol. The first kappa shape index (κ1) is 9.74. The fourth-order valence-corrected chi connectivity index (χ4v) is 4.83. The summed E-state index contributed by atoms with van der Waals surface area (Å²) in [5.41, 5.74) is 5.38. The summed E-state index contributed by atoms with van der Waals surface area (Å²) in [6.45, 7) is 0. The topological polar surface area (TPSA) is 75.9 Å². The molecule has 0 saturated heterocycles. The quantitative estimate of drug-likeness (QED) is 0.709. The summed E-state index contributed by atoms with van der Waals surface area (Å²) in [4.78, 5) is 11.3. The first-order valence-electron chi connectivity index (χ1n) is 6.61. The van der Waals surface area contributed by atoms with Gasteiger partial charge in [-0.15, -0.1) is 4.68 Å². The fraction of sp³-hybridized carbons (Fsp3) is 0.833. The predicted octanol–water partition coefficient (Wildman–Crippen LogP) is 0.835. The van der Waals surface area contributed by atoms with E-state index in [2.05, 4.69) is 5.27 Å². The molecule has 5 nitrogen and oxygen atoms in total. The standard InChI is InChI=1S/C12H17N3O2/c13-11-12(16)17-14-15(11)10-8-2-6-1-7(4-8)5-9(10)3-6/h6-10,13-14H,1-5H2/p+1. The van der Waals surface area contributed by atoms with Gasteiger partial charge in [0.1, 0.15) is 6.04 Å². The summed E-state index contributed by atoms with van der Waals surface area (Å²) in [6, 6.07) is 0.370. The van der Waals surface area contributed by atoms with E-state index in [1.807, 2.05) is 0 Å². The van der Waals surface area contributed by atoms with Gasteiger partial charge in [-0.1, -0.05) is 5.27 Å². The van der Waals surface area contributed by atoms with Gasteiger partial charge in [0.05, 0.1) is 0 Å². The Morgan fingerprint density at radius 2 is 1.71 bits per heavy atom. The van der Waals surface area contributed by atoms with Gasteiger partial charge in [0.25, 0.3) is 0 Å². The lowest BCUT2D eigenvalue weighted by molar-refractivity contribution is -0.790. The smallest absolute Gasteiger partial charge is 0.298 e. The second kappa shape index (κ2) is 3.15. The molecule has 1 aromatic heterocycles. The molecule has 0 atom stereocenters. The second-order valence-corrected chi connectivity index (χ2v) is 6.16. The van der Waals surface area contributed by atoms with Crippen LogP contribution in [0.2, 0.25) is 0 Å². The first-order chi connectivity index (χ1) is 8.22. The normalized spacial score (nSPS) is 43.2. The lowest BCUT2D eigenvalue weighted by Gasteiger charge is -2.52. The van der Waals surface area contributed by atoms with Crippen molar-refractivity contribution < 1.29 is 9.20 Å². The molecule has 4 saturated carbocycles. The van der Waals surface area contributed by atoms with Crippen molar-refractivity contribution in [2.45, 2.75) is 38.1 Å². The lowest BCUT2D eigenvalue weighted by atomic mass is 9.54. The molecular weight excluding hydrogens is 218 g/mol. The second-order valence-electron chi connectivity index (χ2n) is 6.16. The van der Waals surface area contributed by atoms with E-state index in [4.69, 9.17) is 10.3 Å². The van der Waals surface area contributed by atoms with E-state index in [0.29, 0.717) is 17.9 Å². The van der Waals surface area contributed by atoms with Crippen molar-refractivity contribution in [3.05, 3.63) is 10.4 Å². The van der Waals surface area contributed by atoms with Crippen LogP contribution >= 0.6 is 0 Å². The Morgan fingerprint density at radius 1 is 1.12 bits per heavy atom. The highest BCUT2D eigenvalue weighted by Gasteiger charge is 2.52. The van der Waals surface area contributed by atoms with Crippen molar-refractivity contribution in [2.75, 3.05) is 5.73 Å². The van der Waals surface area contributed by atoms with Crippen molar-refractivity contribution in [1.82, 2.24) is 5.27 Å². The van der Waals surface area contributed by atoms with Crippen molar-refractivity contribution >= 4 is 5.82 Å². The maximum Gasteiger partial charge on any atom is 0.449 e.